The Bertz CT molecular complexity index is 619. The van der Waals surface area contributed by atoms with Crippen LogP contribution >= 0.6 is 0 Å². The number of primary amides is 1. The van der Waals surface area contributed by atoms with Crippen LogP contribution in [0.15, 0.2) is 24.4 Å². The molecule has 0 fully saturated rings. The van der Waals surface area contributed by atoms with Gasteiger partial charge in [-0.2, -0.15) is 5.10 Å². The van der Waals surface area contributed by atoms with Gasteiger partial charge >= 0.3 is 0 Å². The van der Waals surface area contributed by atoms with Crippen molar-refractivity contribution < 1.29 is 9.53 Å². The van der Waals surface area contributed by atoms with Crippen molar-refractivity contribution in [2.24, 2.45) is 11.7 Å². The van der Waals surface area contributed by atoms with E-state index < -0.39 is 5.92 Å². The molecule has 2 aromatic rings. The van der Waals surface area contributed by atoms with Crippen LogP contribution in [0.3, 0.4) is 0 Å². The highest BCUT2D eigenvalue weighted by Gasteiger charge is 2.18. The van der Waals surface area contributed by atoms with Crippen LogP contribution in [0.4, 0.5) is 0 Å². The lowest BCUT2D eigenvalue weighted by Crippen LogP contribution is -2.25. The average Bonchev–Trinajstić information content (AvgIpc) is 2.79. The predicted molar refractivity (Wildman–Crippen MR) is 83.0 cm³/mol. The van der Waals surface area contributed by atoms with E-state index in [9.17, 15) is 4.79 Å². The van der Waals surface area contributed by atoms with Gasteiger partial charge in [0.2, 0.25) is 5.91 Å². The molecule has 0 aliphatic heterocycles. The second kappa shape index (κ2) is 6.72. The Morgan fingerprint density at radius 2 is 2.19 bits per heavy atom. The van der Waals surface area contributed by atoms with Gasteiger partial charge in [-0.15, -0.1) is 0 Å². The minimum absolute atomic E-state index is 0.317. The Balaban J connectivity index is 2.29. The molecule has 5 heteroatoms. The van der Waals surface area contributed by atoms with Gasteiger partial charge in [-0.1, -0.05) is 19.9 Å². The third kappa shape index (κ3) is 3.82. The summed E-state index contributed by atoms with van der Waals surface area (Å²) in [4.78, 5) is 11.6. The summed E-state index contributed by atoms with van der Waals surface area (Å²) in [6, 6.07) is 5.82. The molecule has 0 aliphatic rings. The number of carbonyl (C=O) groups excluding carboxylic acids is 1. The fourth-order valence-electron chi connectivity index (χ4n) is 2.36. The summed E-state index contributed by atoms with van der Waals surface area (Å²) in [5, 5.41) is 5.55. The van der Waals surface area contributed by atoms with Crippen LogP contribution in [0.25, 0.3) is 10.9 Å². The van der Waals surface area contributed by atoms with E-state index in [-0.39, 0.29) is 5.91 Å². The van der Waals surface area contributed by atoms with Gasteiger partial charge < -0.3 is 10.5 Å². The van der Waals surface area contributed by atoms with Gasteiger partial charge in [0.1, 0.15) is 0 Å². The van der Waals surface area contributed by atoms with Crippen molar-refractivity contribution in [1.29, 1.82) is 0 Å². The summed E-state index contributed by atoms with van der Waals surface area (Å²) in [7, 11) is 0. The fraction of sp³-hybridized carbons (Fsp3) is 0.500. The van der Waals surface area contributed by atoms with Gasteiger partial charge in [-0.05, 0) is 30.5 Å². The minimum atomic E-state index is -0.414. The summed E-state index contributed by atoms with van der Waals surface area (Å²) >= 11 is 0. The number of hydrogen-bond donors (Lipinski definition) is 1. The van der Waals surface area contributed by atoms with Gasteiger partial charge in [-0.3, -0.25) is 9.48 Å². The molecule has 2 rings (SSSR count). The number of hydrogen-bond acceptors (Lipinski definition) is 3. The van der Waals surface area contributed by atoms with Crippen LogP contribution in [0, 0.1) is 5.92 Å². The molecular formula is C16H23N3O2. The Morgan fingerprint density at radius 3 is 2.81 bits per heavy atom. The highest BCUT2D eigenvalue weighted by molar-refractivity contribution is 5.85. The van der Waals surface area contributed by atoms with E-state index in [4.69, 9.17) is 10.5 Å². The fourth-order valence-corrected chi connectivity index (χ4v) is 2.36. The summed E-state index contributed by atoms with van der Waals surface area (Å²) in [5.41, 5.74) is 7.30. The standard InChI is InChI=1S/C16H23N3O2/c1-4-21-10-14(16(17)20)12-5-6-15-13(7-12)9-19(18-15)8-11(2)3/h5-7,9,11,14H,4,8,10H2,1-3H3,(H2,17,20). The van der Waals surface area contributed by atoms with E-state index in [2.05, 4.69) is 18.9 Å². The van der Waals surface area contributed by atoms with Crippen LogP contribution in [0.5, 0.6) is 0 Å². The topological polar surface area (TPSA) is 70.1 Å². The molecule has 1 amide bonds. The zero-order valence-electron chi connectivity index (χ0n) is 12.9. The molecule has 1 aromatic heterocycles. The number of nitrogens with zero attached hydrogens (tertiary/aromatic N) is 2. The number of ether oxygens (including phenoxy) is 1. The van der Waals surface area contributed by atoms with Crippen molar-refractivity contribution in [2.75, 3.05) is 13.2 Å². The Labute approximate surface area is 125 Å². The monoisotopic (exact) mass is 289 g/mol. The lowest BCUT2D eigenvalue weighted by atomic mass is 9.98. The highest BCUT2D eigenvalue weighted by Crippen LogP contribution is 2.22. The predicted octanol–water partition coefficient (Wildman–Crippen LogP) is 2.30. The van der Waals surface area contributed by atoms with Gasteiger partial charge in [-0.25, -0.2) is 0 Å². The second-order valence-electron chi connectivity index (χ2n) is 5.68. The first-order valence-corrected chi connectivity index (χ1v) is 7.35. The molecule has 114 valence electrons. The molecular weight excluding hydrogens is 266 g/mol. The third-order valence-electron chi connectivity index (χ3n) is 3.36. The quantitative estimate of drug-likeness (QED) is 0.850. The number of rotatable bonds is 7. The molecule has 0 saturated heterocycles. The minimum Gasteiger partial charge on any atom is -0.381 e. The summed E-state index contributed by atoms with van der Waals surface area (Å²) < 4.78 is 7.30. The molecule has 1 aromatic carbocycles. The maximum atomic E-state index is 11.6. The molecule has 1 heterocycles. The van der Waals surface area contributed by atoms with Crippen molar-refractivity contribution >= 4 is 16.8 Å². The smallest absolute Gasteiger partial charge is 0.227 e. The number of carbonyl (C=O) groups is 1. The zero-order valence-corrected chi connectivity index (χ0v) is 12.9. The first-order valence-electron chi connectivity index (χ1n) is 7.35. The van der Waals surface area contributed by atoms with Gasteiger partial charge in [0.25, 0.3) is 0 Å². The normalized spacial score (nSPS) is 13.0. The van der Waals surface area contributed by atoms with Crippen molar-refractivity contribution in [3.63, 3.8) is 0 Å². The van der Waals surface area contributed by atoms with E-state index >= 15 is 0 Å². The van der Waals surface area contributed by atoms with E-state index in [1.165, 1.54) is 0 Å². The van der Waals surface area contributed by atoms with E-state index in [0.717, 1.165) is 23.0 Å². The molecule has 2 N–H and O–H groups in total. The van der Waals surface area contributed by atoms with Crippen LogP contribution in [0.2, 0.25) is 0 Å². The highest BCUT2D eigenvalue weighted by atomic mass is 16.5. The number of nitrogens with two attached hydrogens (primary N) is 1. The van der Waals surface area contributed by atoms with Crippen molar-refractivity contribution in [3.8, 4) is 0 Å². The van der Waals surface area contributed by atoms with Crippen LogP contribution in [0.1, 0.15) is 32.3 Å². The van der Waals surface area contributed by atoms with Gasteiger partial charge in [0.15, 0.2) is 0 Å². The van der Waals surface area contributed by atoms with Crippen LogP contribution in [-0.4, -0.2) is 28.9 Å². The first-order chi connectivity index (χ1) is 10.0. The first kappa shape index (κ1) is 15.5. The molecule has 0 saturated carbocycles. The number of benzene rings is 1. The molecule has 1 atom stereocenters. The van der Waals surface area contributed by atoms with Gasteiger partial charge in [0.05, 0.1) is 18.0 Å². The molecule has 0 aliphatic carbocycles. The average molecular weight is 289 g/mol. The molecule has 0 spiro atoms. The van der Waals surface area contributed by atoms with Crippen molar-refractivity contribution in [3.05, 3.63) is 30.0 Å². The zero-order chi connectivity index (χ0) is 15.4. The Morgan fingerprint density at radius 1 is 1.43 bits per heavy atom. The number of amides is 1. The van der Waals surface area contributed by atoms with Crippen molar-refractivity contribution in [1.82, 2.24) is 9.78 Å². The summed E-state index contributed by atoms with van der Waals surface area (Å²) in [6.45, 7) is 7.97. The van der Waals surface area contributed by atoms with E-state index in [1.54, 1.807) is 0 Å². The Hall–Kier alpha value is -1.88. The number of fused-ring (bicyclic) bond motifs is 1. The number of aromatic nitrogens is 2. The second-order valence-corrected chi connectivity index (χ2v) is 5.68. The lowest BCUT2D eigenvalue weighted by molar-refractivity contribution is -0.120. The molecule has 0 bridgehead atoms. The lowest BCUT2D eigenvalue weighted by Gasteiger charge is -2.13. The summed E-state index contributed by atoms with van der Waals surface area (Å²) in [6.07, 6.45) is 2.01. The molecule has 21 heavy (non-hydrogen) atoms. The van der Waals surface area contributed by atoms with Crippen LogP contribution in [-0.2, 0) is 16.1 Å². The maximum Gasteiger partial charge on any atom is 0.227 e. The SMILES string of the molecule is CCOCC(C(N)=O)c1ccc2nn(CC(C)C)cc2c1. The maximum absolute atomic E-state index is 11.6. The molecule has 0 radical (unpaired) electrons. The Kier molecular flexibility index (Phi) is 4.96. The largest absolute Gasteiger partial charge is 0.381 e. The molecule has 5 nitrogen and oxygen atoms in total. The van der Waals surface area contributed by atoms with E-state index in [0.29, 0.717) is 19.1 Å². The van der Waals surface area contributed by atoms with Crippen molar-refractivity contribution in [2.45, 2.75) is 33.2 Å². The molecule has 1 unspecified atom stereocenters. The van der Waals surface area contributed by atoms with Crippen LogP contribution < -0.4 is 5.73 Å². The third-order valence-corrected chi connectivity index (χ3v) is 3.36. The van der Waals surface area contributed by atoms with E-state index in [1.807, 2.05) is 36.0 Å². The summed E-state index contributed by atoms with van der Waals surface area (Å²) in [5.74, 6) is -0.240. The van der Waals surface area contributed by atoms with Gasteiger partial charge in [0, 0.05) is 24.7 Å².